The lowest BCUT2D eigenvalue weighted by molar-refractivity contribution is 0.125. The van der Waals surface area contributed by atoms with Crippen LogP contribution in [0.5, 0.6) is 0 Å². The predicted molar refractivity (Wildman–Crippen MR) is 48.9 cm³/mol. The van der Waals surface area contributed by atoms with Crippen LogP contribution in [0.4, 0.5) is 0 Å². The van der Waals surface area contributed by atoms with Gasteiger partial charge in [-0.05, 0) is 19.9 Å². The molecule has 4 N–H and O–H groups in total. The second kappa shape index (κ2) is 7.49. The zero-order valence-electron chi connectivity index (χ0n) is 7.74. The van der Waals surface area contributed by atoms with Crippen molar-refractivity contribution in [3.63, 3.8) is 0 Å². The number of hydrogen-bond acceptors (Lipinski definition) is 4. The van der Waals surface area contributed by atoms with Crippen LogP contribution in [0.25, 0.3) is 0 Å². The first kappa shape index (κ1) is 11.8. The van der Waals surface area contributed by atoms with Crippen LogP contribution >= 0.6 is 0 Å². The molecule has 1 atom stereocenters. The van der Waals surface area contributed by atoms with Crippen molar-refractivity contribution in [2.75, 3.05) is 32.8 Å². The largest absolute Gasteiger partial charge is 0.395 e. The summed E-state index contributed by atoms with van der Waals surface area (Å²) in [7, 11) is 0. The van der Waals surface area contributed by atoms with Gasteiger partial charge >= 0.3 is 0 Å². The maximum Gasteiger partial charge on any atom is 0.0558 e. The summed E-state index contributed by atoms with van der Waals surface area (Å²) in [4.78, 5) is 2.03. The van der Waals surface area contributed by atoms with E-state index in [9.17, 15) is 0 Å². The zero-order valence-corrected chi connectivity index (χ0v) is 7.74. The van der Waals surface area contributed by atoms with Crippen molar-refractivity contribution in [3.05, 3.63) is 0 Å². The Balaban J connectivity index is 3.72. The fourth-order valence-corrected chi connectivity index (χ4v) is 1.23. The van der Waals surface area contributed by atoms with E-state index in [0.29, 0.717) is 25.7 Å². The average molecular weight is 176 g/mol. The van der Waals surface area contributed by atoms with E-state index in [1.165, 1.54) is 0 Å². The number of nitrogens with zero attached hydrogens (tertiary/aromatic N) is 1. The number of hydrogen-bond donors (Lipinski definition) is 3. The van der Waals surface area contributed by atoms with Gasteiger partial charge < -0.3 is 15.9 Å². The van der Waals surface area contributed by atoms with Crippen LogP contribution in [0, 0.1) is 0 Å². The average Bonchev–Trinajstić information content (AvgIpc) is 2.04. The molecule has 0 saturated carbocycles. The van der Waals surface area contributed by atoms with Gasteiger partial charge in [-0.2, -0.15) is 0 Å². The van der Waals surface area contributed by atoms with Crippen LogP contribution in [0.15, 0.2) is 0 Å². The monoisotopic (exact) mass is 176 g/mol. The Morgan fingerprint density at radius 1 is 1.25 bits per heavy atom. The van der Waals surface area contributed by atoms with Gasteiger partial charge in [0.1, 0.15) is 0 Å². The van der Waals surface area contributed by atoms with Crippen LogP contribution in [0.3, 0.4) is 0 Å². The van der Waals surface area contributed by atoms with Crippen molar-refractivity contribution in [1.29, 1.82) is 0 Å². The SMILES string of the molecule is CC(CCN)N(CCO)CCO. The highest BCUT2D eigenvalue weighted by Gasteiger charge is 2.10. The Kier molecular flexibility index (Phi) is 7.39. The Morgan fingerprint density at radius 3 is 2.08 bits per heavy atom. The molecule has 0 aliphatic carbocycles. The van der Waals surface area contributed by atoms with E-state index in [1.54, 1.807) is 0 Å². The second-order valence-corrected chi connectivity index (χ2v) is 2.91. The van der Waals surface area contributed by atoms with E-state index < -0.39 is 0 Å². The number of nitrogens with two attached hydrogens (primary N) is 1. The predicted octanol–water partition coefficient (Wildman–Crippen LogP) is -0.990. The lowest BCUT2D eigenvalue weighted by atomic mass is 10.2. The molecule has 0 aromatic heterocycles. The van der Waals surface area contributed by atoms with E-state index in [-0.39, 0.29) is 13.2 Å². The molecule has 0 bridgehead atoms. The minimum absolute atomic E-state index is 0.134. The molecule has 0 aromatic rings. The number of aliphatic hydroxyl groups is 2. The molecule has 0 saturated heterocycles. The van der Waals surface area contributed by atoms with Gasteiger partial charge in [-0.1, -0.05) is 0 Å². The van der Waals surface area contributed by atoms with Crippen LogP contribution in [0.1, 0.15) is 13.3 Å². The van der Waals surface area contributed by atoms with Gasteiger partial charge in [-0.25, -0.2) is 0 Å². The third-order valence-electron chi connectivity index (χ3n) is 1.98. The van der Waals surface area contributed by atoms with Gasteiger partial charge in [-0.3, -0.25) is 4.90 Å². The first-order valence-electron chi connectivity index (χ1n) is 4.42. The summed E-state index contributed by atoms with van der Waals surface area (Å²) >= 11 is 0. The normalized spacial score (nSPS) is 13.8. The van der Waals surface area contributed by atoms with E-state index in [2.05, 4.69) is 6.92 Å². The molecule has 4 heteroatoms. The van der Waals surface area contributed by atoms with Gasteiger partial charge in [-0.15, -0.1) is 0 Å². The van der Waals surface area contributed by atoms with Gasteiger partial charge in [0.25, 0.3) is 0 Å². The summed E-state index contributed by atoms with van der Waals surface area (Å²) in [6.45, 7) is 4.19. The van der Waals surface area contributed by atoms with Crippen molar-refractivity contribution in [3.8, 4) is 0 Å². The second-order valence-electron chi connectivity index (χ2n) is 2.91. The highest BCUT2D eigenvalue weighted by Crippen LogP contribution is 2.01. The summed E-state index contributed by atoms with van der Waals surface area (Å²) in [5.41, 5.74) is 5.41. The van der Waals surface area contributed by atoms with E-state index in [0.717, 1.165) is 6.42 Å². The maximum absolute atomic E-state index is 8.73. The van der Waals surface area contributed by atoms with Gasteiger partial charge in [0.2, 0.25) is 0 Å². The summed E-state index contributed by atoms with van der Waals surface area (Å²) in [5.74, 6) is 0. The van der Waals surface area contributed by atoms with Crippen molar-refractivity contribution < 1.29 is 10.2 Å². The smallest absolute Gasteiger partial charge is 0.0558 e. The summed E-state index contributed by atoms with van der Waals surface area (Å²) in [5, 5.41) is 17.5. The fraction of sp³-hybridized carbons (Fsp3) is 1.00. The zero-order chi connectivity index (χ0) is 9.40. The molecule has 0 spiro atoms. The number of aliphatic hydroxyl groups excluding tert-OH is 2. The van der Waals surface area contributed by atoms with Gasteiger partial charge in [0, 0.05) is 19.1 Å². The molecule has 0 rings (SSSR count). The topological polar surface area (TPSA) is 69.7 Å². The van der Waals surface area contributed by atoms with Crippen LogP contribution < -0.4 is 5.73 Å². The van der Waals surface area contributed by atoms with Crippen LogP contribution in [-0.4, -0.2) is 54.0 Å². The Morgan fingerprint density at radius 2 is 1.75 bits per heavy atom. The molecule has 0 fully saturated rings. The first-order chi connectivity index (χ1) is 5.76. The molecule has 12 heavy (non-hydrogen) atoms. The highest BCUT2D eigenvalue weighted by molar-refractivity contribution is 4.66. The molecule has 0 aliphatic rings. The molecular weight excluding hydrogens is 156 g/mol. The van der Waals surface area contributed by atoms with Crippen LogP contribution in [0.2, 0.25) is 0 Å². The third kappa shape index (κ3) is 4.66. The van der Waals surface area contributed by atoms with Crippen molar-refractivity contribution in [1.82, 2.24) is 4.90 Å². The molecule has 0 radical (unpaired) electrons. The minimum atomic E-state index is 0.134. The molecule has 0 heterocycles. The summed E-state index contributed by atoms with van der Waals surface area (Å²) < 4.78 is 0. The standard InChI is InChI=1S/C8H20N2O2/c1-8(2-3-9)10(4-6-11)5-7-12/h8,11-12H,2-7,9H2,1H3. The Bertz CT molecular complexity index is 95.1. The maximum atomic E-state index is 8.73. The molecule has 0 amide bonds. The van der Waals surface area contributed by atoms with Crippen molar-refractivity contribution >= 4 is 0 Å². The molecular formula is C8H20N2O2. The Labute approximate surface area is 74.0 Å². The molecule has 1 unspecified atom stereocenters. The number of rotatable bonds is 7. The minimum Gasteiger partial charge on any atom is -0.395 e. The summed E-state index contributed by atoms with van der Waals surface area (Å²) in [6, 6.07) is 0.342. The molecule has 0 aromatic carbocycles. The fourth-order valence-electron chi connectivity index (χ4n) is 1.23. The van der Waals surface area contributed by atoms with Crippen molar-refractivity contribution in [2.24, 2.45) is 5.73 Å². The molecule has 74 valence electrons. The first-order valence-corrected chi connectivity index (χ1v) is 4.42. The highest BCUT2D eigenvalue weighted by atomic mass is 16.3. The molecule has 0 aliphatic heterocycles. The molecule has 4 nitrogen and oxygen atoms in total. The van der Waals surface area contributed by atoms with Gasteiger partial charge in [0.15, 0.2) is 0 Å². The van der Waals surface area contributed by atoms with E-state index in [4.69, 9.17) is 15.9 Å². The summed E-state index contributed by atoms with van der Waals surface area (Å²) in [6.07, 6.45) is 0.903. The van der Waals surface area contributed by atoms with Crippen molar-refractivity contribution in [2.45, 2.75) is 19.4 Å². The van der Waals surface area contributed by atoms with E-state index in [1.807, 2.05) is 4.90 Å². The lowest BCUT2D eigenvalue weighted by Gasteiger charge is -2.27. The van der Waals surface area contributed by atoms with Gasteiger partial charge in [0.05, 0.1) is 13.2 Å². The Hall–Kier alpha value is -0.160. The lowest BCUT2D eigenvalue weighted by Crippen LogP contribution is -2.38. The third-order valence-corrected chi connectivity index (χ3v) is 1.98. The quantitative estimate of drug-likeness (QED) is 0.466. The van der Waals surface area contributed by atoms with Crippen LogP contribution in [-0.2, 0) is 0 Å². The van der Waals surface area contributed by atoms with E-state index >= 15 is 0 Å².